The van der Waals surface area contributed by atoms with Gasteiger partial charge in [0, 0.05) is 0 Å². The Balaban J connectivity index is 1.70. The van der Waals surface area contributed by atoms with Gasteiger partial charge in [0.15, 0.2) is 0 Å². The van der Waals surface area contributed by atoms with Gasteiger partial charge in [-0.05, 0) is 5.56 Å². The highest BCUT2D eigenvalue weighted by atomic mass is 16.7. The molecule has 1 atom stereocenters. The zero-order valence-electron chi connectivity index (χ0n) is 9.04. The van der Waals surface area contributed by atoms with E-state index in [1.54, 1.807) is 0 Å². The molecular weight excluding hydrogens is 224 g/mol. The number of carbonyl (C=O) groups is 1. The Morgan fingerprint density at radius 2 is 2.12 bits per heavy atom. The van der Waals surface area contributed by atoms with Crippen molar-refractivity contribution in [1.29, 1.82) is 0 Å². The van der Waals surface area contributed by atoms with Crippen molar-refractivity contribution in [3.05, 3.63) is 47.9 Å². The molecule has 1 aliphatic heterocycles. The molecule has 17 heavy (non-hydrogen) atoms. The van der Waals surface area contributed by atoms with Gasteiger partial charge in [-0.3, -0.25) is 0 Å². The zero-order valence-corrected chi connectivity index (χ0v) is 9.04. The predicted molar refractivity (Wildman–Crippen MR) is 57.8 cm³/mol. The topological polar surface area (TPSA) is 65.0 Å². The minimum absolute atomic E-state index is 0.183. The Bertz CT molecular complexity index is 412. The first-order valence-corrected chi connectivity index (χ1v) is 5.13. The lowest BCUT2D eigenvalue weighted by Crippen LogP contribution is -2.18. The van der Waals surface area contributed by atoms with Gasteiger partial charge < -0.3 is 19.3 Å². The lowest BCUT2D eigenvalue weighted by molar-refractivity contribution is -0.141. The third kappa shape index (κ3) is 3.22. The van der Waals surface area contributed by atoms with Crippen LogP contribution in [0.25, 0.3) is 0 Å². The van der Waals surface area contributed by atoms with Gasteiger partial charge in [0.1, 0.15) is 12.9 Å². The van der Waals surface area contributed by atoms with Gasteiger partial charge in [-0.1, -0.05) is 30.3 Å². The van der Waals surface area contributed by atoms with Gasteiger partial charge in [0.05, 0.1) is 6.61 Å². The van der Waals surface area contributed by atoms with Crippen LogP contribution in [0.15, 0.2) is 42.4 Å². The maximum atomic E-state index is 10.5. The number of ether oxygens (including phenoxy) is 3. The van der Waals surface area contributed by atoms with Gasteiger partial charge in [-0.15, -0.1) is 0 Å². The largest absolute Gasteiger partial charge is 0.475 e. The number of aliphatic carboxylic acids is 1. The number of benzene rings is 1. The summed E-state index contributed by atoms with van der Waals surface area (Å²) in [5.41, 5.74) is 1.04. The molecule has 0 aromatic heterocycles. The molecule has 1 aromatic carbocycles. The van der Waals surface area contributed by atoms with Crippen molar-refractivity contribution in [3.8, 4) is 0 Å². The summed E-state index contributed by atoms with van der Waals surface area (Å²) in [6.07, 6.45) is 0.406. The Labute approximate surface area is 98.2 Å². The molecule has 0 saturated heterocycles. The summed E-state index contributed by atoms with van der Waals surface area (Å²) in [6, 6.07) is 9.65. The average molecular weight is 236 g/mol. The first kappa shape index (κ1) is 11.5. The molecule has 1 unspecified atom stereocenters. The van der Waals surface area contributed by atoms with Gasteiger partial charge in [-0.2, -0.15) is 0 Å². The lowest BCUT2D eigenvalue weighted by Gasteiger charge is -2.11. The van der Waals surface area contributed by atoms with Crippen molar-refractivity contribution < 1.29 is 24.1 Å². The quantitative estimate of drug-likeness (QED) is 0.839. The van der Waals surface area contributed by atoms with Gasteiger partial charge in [0.25, 0.3) is 6.29 Å². The number of carboxylic acids is 1. The Kier molecular flexibility index (Phi) is 3.62. The molecule has 0 saturated carbocycles. The third-order valence-corrected chi connectivity index (χ3v) is 2.16. The fraction of sp³-hybridized carbons (Fsp3) is 0.250. The summed E-state index contributed by atoms with van der Waals surface area (Å²) in [5, 5.41) is 8.62. The monoisotopic (exact) mass is 236 g/mol. The van der Waals surface area contributed by atoms with Crippen LogP contribution < -0.4 is 0 Å². The lowest BCUT2D eigenvalue weighted by atomic mass is 10.2. The van der Waals surface area contributed by atoms with Crippen molar-refractivity contribution in [2.45, 2.75) is 12.9 Å². The standard InChI is InChI=1S/C12H12O5/c13-12(14)10-7-16-11(17-10)8-15-6-9-4-2-1-3-5-9/h1-5,7,11H,6,8H2,(H,13,14). The number of hydrogen-bond acceptors (Lipinski definition) is 4. The summed E-state index contributed by atoms with van der Waals surface area (Å²) in [5.74, 6) is -1.34. The van der Waals surface area contributed by atoms with E-state index in [0.717, 1.165) is 11.8 Å². The first-order chi connectivity index (χ1) is 8.25. The van der Waals surface area contributed by atoms with Crippen molar-refractivity contribution in [2.24, 2.45) is 0 Å². The van der Waals surface area contributed by atoms with E-state index in [1.165, 1.54) is 0 Å². The zero-order chi connectivity index (χ0) is 12.1. The van der Waals surface area contributed by atoms with E-state index in [9.17, 15) is 4.79 Å². The summed E-state index contributed by atoms with van der Waals surface area (Å²) in [4.78, 5) is 10.5. The highest BCUT2D eigenvalue weighted by Crippen LogP contribution is 2.14. The Hall–Kier alpha value is -2.01. The van der Waals surface area contributed by atoms with Crippen LogP contribution in [-0.2, 0) is 25.6 Å². The van der Waals surface area contributed by atoms with Crippen molar-refractivity contribution in [3.63, 3.8) is 0 Å². The van der Waals surface area contributed by atoms with Gasteiger partial charge in [0.2, 0.25) is 5.76 Å². The van der Waals surface area contributed by atoms with E-state index in [4.69, 9.17) is 19.3 Å². The summed E-state index contributed by atoms with van der Waals surface area (Å²) in [7, 11) is 0. The van der Waals surface area contributed by atoms with Crippen LogP contribution in [0.5, 0.6) is 0 Å². The molecule has 1 heterocycles. The Morgan fingerprint density at radius 1 is 1.35 bits per heavy atom. The van der Waals surface area contributed by atoms with Crippen LogP contribution in [0.3, 0.4) is 0 Å². The summed E-state index contributed by atoms with van der Waals surface area (Å²) < 4.78 is 15.3. The second kappa shape index (κ2) is 5.36. The number of rotatable bonds is 5. The van der Waals surface area contributed by atoms with Crippen molar-refractivity contribution in [1.82, 2.24) is 0 Å². The predicted octanol–water partition coefficient (Wildman–Crippen LogP) is 1.50. The Morgan fingerprint density at radius 3 is 2.76 bits per heavy atom. The molecule has 0 bridgehead atoms. The molecule has 5 nitrogen and oxygen atoms in total. The van der Waals surface area contributed by atoms with E-state index in [-0.39, 0.29) is 12.4 Å². The molecule has 0 fully saturated rings. The fourth-order valence-corrected chi connectivity index (χ4v) is 1.36. The molecule has 1 aliphatic rings. The second-order valence-electron chi connectivity index (χ2n) is 3.47. The normalized spacial score (nSPS) is 18.1. The third-order valence-electron chi connectivity index (χ3n) is 2.16. The van der Waals surface area contributed by atoms with Crippen LogP contribution in [-0.4, -0.2) is 24.0 Å². The first-order valence-electron chi connectivity index (χ1n) is 5.13. The van der Waals surface area contributed by atoms with Crippen LogP contribution in [0.1, 0.15) is 5.56 Å². The van der Waals surface area contributed by atoms with Crippen LogP contribution in [0.2, 0.25) is 0 Å². The molecule has 1 aromatic rings. The maximum Gasteiger partial charge on any atom is 0.374 e. The summed E-state index contributed by atoms with van der Waals surface area (Å²) >= 11 is 0. The molecule has 5 heteroatoms. The van der Waals surface area contributed by atoms with Crippen LogP contribution >= 0.6 is 0 Å². The highest BCUT2D eigenvalue weighted by Gasteiger charge is 2.24. The average Bonchev–Trinajstić information content (AvgIpc) is 2.79. The molecular formula is C12H12O5. The van der Waals surface area contributed by atoms with Gasteiger partial charge in [-0.25, -0.2) is 4.79 Å². The molecule has 0 radical (unpaired) electrons. The smallest absolute Gasteiger partial charge is 0.374 e. The SMILES string of the molecule is O=C(O)C1=COC(COCc2ccccc2)O1. The fourth-order valence-electron chi connectivity index (χ4n) is 1.36. The minimum atomic E-state index is -1.14. The highest BCUT2D eigenvalue weighted by molar-refractivity contribution is 5.84. The minimum Gasteiger partial charge on any atom is -0.475 e. The molecule has 90 valence electrons. The molecule has 2 rings (SSSR count). The molecule has 0 amide bonds. The maximum absolute atomic E-state index is 10.5. The molecule has 0 spiro atoms. The van der Waals surface area contributed by atoms with E-state index in [2.05, 4.69) is 0 Å². The van der Waals surface area contributed by atoms with Crippen LogP contribution in [0.4, 0.5) is 0 Å². The number of carboxylic acid groups (broad SMARTS) is 1. The second-order valence-corrected chi connectivity index (χ2v) is 3.47. The summed E-state index contributed by atoms with van der Waals surface area (Å²) in [6.45, 7) is 0.620. The molecule has 0 aliphatic carbocycles. The van der Waals surface area contributed by atoms with Crippen molar-refractivity contribution in [2.75, 3.05) is 6.61 Å². The molecule has 1 N–H and O–H groups in total. The van der Waals surface area contributed by atoms with E-state index in [0.29, 0.717) is 6.61 Å². The van der Waals surface area contributed by atoms with Gasteiger partial charge >= 0.3 is 5.97 Å². The van der Waals surface area contributed by atoms with Crippen molar-refractivity contribution >= 4 is 5.97 Å². The number of hydrogen-bond donors (Lipinski definition) is 1. The van der Waals surface area contributed by atoms with E-state index >= 15 is 0 Å². The van der Waals surface area contributed by atoms with Crippen LogP contribution in [0, 0.1) is 0 Å². The van der Waals surface area contributed by atoms with E-state index < -0.39 is 12.3 Å². The van der Waals surface area contributed by atoms with E-state index in [1.807, 2.05) is 30.3 Å².